The minimum absolute atomic E-state index is 0.479. The first-order valence-electron chi connectivity index (χ1n) is 5.34. The van der Waals surface area contributed by atoms with Gasteiger partial charge in [-0.3, -0.25) is 4.52 Å². The molecule has 1 fully saturated rings. The first-order valence-corrected chi connectivity index (χ1v) is 8.56. The summed E-state index contributed by atoms with van der Waals surface area (Å²) < 4.78 is 35.6. The minimum Gasteiger partial charge on any atom is -0.778 e. The molecule has 2 radical (unpaired) electrons. The van der Waals surface area contributed by atoms with Gasteiger partial charge in [0.15, 0.2) is 0 Å². The summed E-state index contributed by atoms with van der Waals surface area (Å²) in [4.78, 5) is 20.2. The van der Waals surface area contributed by atoms with Gasteiger partial charge in [-0.25, -0.2) is 8.88 Å². The van der Waals surface area contributed by atoms with Crippen LogP contribution in [0.2, 0.25) is 0 Å². The maximum absolute atomic E-state index is 11.3. The van der Waals surface area contributed by atoms with Crippen LogP contribution >= 0.6 is 15.4 Å². The topological polar surface area (TPSA) is 146 Å². The number of aliphatic hydroxyl groups excluding tert-OH is 2. The van der Waals surface area contributed by atoms with Crippen LogP contribution in [-0.4, -0.2) is 60.0 Å². The Labute approximate surface area is 111 Å². The van der Waals surface area contributed by atoms with Gasteiger partial charge < -0.3 is 29.3 Å². The highest BCUT2D eigenvalue weighted by Gasteiger charge is 2.41. The van der Waals surface area contributed by atoms with Gasteiger partial charge in [0.05, 0.1) is 12.7 Å². The molecule has 9 nitrogen and oxygen atoms in total. The first-order chi connectivity index (χ1) is 8.58. The van der Waals surface area contributed by atoms with Crippen molar-refractivity contribution in [3.63, 3.8) is 0 Å². The normalized spacial score (nSPS) is 37.7. The number of rotatable bonds is 6. The van der Waals surface area contributed by atoms with E-state index in [-0.39, 0.29) is 0 Å². The number of aliphatic hydroxyl groups is 2. The molecule has 1 heterocycles. The van der Waals surface area contributed by atoms with Crippen LogP contribution in [0.25, 0.3) is 0 Å². The van der Waals surface area contributed by atoms with Crippen LogP contribution < -0.4 is 4.89 Å². The zero-order valence-corrected chi connectivity index (χ0v) is 11.8. The lowest BCUT2D eigenvalue weighted by atomic mass is 9.93. The van der Waals surface area contributed by atoms with Crippen molar-refractivity contribution in [3.05, 3.63) is 0 Å². The molecule has 0 aromatic heterocycles. The second-order valence-corrected chi connectivity index (χ2v) is 7.60. The fourth-order valence-corrected chi connectivity index (χ4v) is 3.56. The molecule has 110 valence electrons. The molecule has 0 aromatic carbocycles. The molecule has 4 unspecified atom stereocenters. The van der Waals surface area contributed by atoms with Crippen molar-refractivity contribution in [2.75, 3.05) is 12.8 Å². The first kappa shape index (κ1) is 17.3. The predicted molar refractivity (Wildman–Crippen MR) is 61.4 cm³/mol. The third-order valence-corrected chi connectivity index (χ3v) is 5.49. The van der Waals surface area contributed by atoms with E-state index in [1.54, 1.807) is 0 Å². The lowest BCUT2D eigenvalue weighted by Gasteiger charge is -2.24. The number of ether oxygens (including phenoxy) is 1. The van der Waals surface area contributed by atoms with E-state index in [4.69, 9.17) is 17.5 Å². The molecule has 3 N–H and O–H groups in total. The maximum atomic E-state index is 11.3. The Morgan fingerprint density at radius 3 is 2.37 bits per heavy atom. The van der Waals surface area contributed by atoms with Gasteiger partial charge in [-0.15, -0.1) is 0 Å². The van der Waals surface area contributed by atoms with Gasteiger partial charge in [0, 0.05) is 12.2 Å². The summed E-state index contributed by atoms with van der Waals surface area (Å²) >= 11 is 0. The van der Waals surface area contributed by atoms with Gasteiger partial charge >= 0.3 is 7.82 Å². The summed E-state index contributed by atoms with van der Waals surface area (Å²) in [6.45, 7) is 0.566. The fraction of sp³-hybridized carbons (Fsp3) is 1.00. The average Bonchev–Trinajstić information content (AvgIpc) is 2.53. The van der Waals surface area contributed by atoms with Crippen molar-refractivity contribution in [2.24, 2.45) is 0 Å². The second kappa shape index (κ2) is 6.34. The molecule has 0 bridgehead atoms. The van der Waals surface area contributed by atoms with Gasteiger partial charge in [0.25, 0.3) is 0 Å². The van der Waals surface area contributed by atoms with Crippen LogP contribution in [0.15, 0.2) is 0 Å². The summed E-state index contributed by atoms with van der Waals surface area (Å²) in [7, 11) is -4.02. The third-order valence-electron chi connectivity index (χ3n) is 2.42. The molecule has 12 heteroatoms. The summed E-state index contributed by atoms with van der Waals surface area (Å²) in [6.07, 6.45) is -4.43. The van der Waals surface area contributed by atoms with E-state index in [1.165, 1.54) is 6.92 Å². The molecule has 0 aromatic rings. The molecular formula is C7H14BO9P2-. The molecule has 0 amide bonds. The Hall–Kier alpha value is 0.245. The Kier molecular flexibility index (Phi) is 5.78. The molecule has 1 rings (SSSR count). The van der Waals surface area contributed by atoms with Gasteiger partial charge in [0.1, 0.15) is 27.6 Å². The zero-order chi connectivity index (χ0) is 14.8. The Morgan fingerprint density at radius 2 is 1.95 bits per heavy atom. The second-order valence-electron chi connectivity index (χ2n) is 3.89. The predicted octanol–water partition coefficient (Wildman–Crippen LogP) is -1.69. The van der Waals surface area contributed by atoms with Crippen molar-refractivity contribution in [2.45, 2.75) is 31.2 Å². The van der Waals surface area contributed by atoms with Gasteiger partial charge in [0.2, 0.25) is 0 Å². The molecule has 1 aliphatic heterocycles. The minimum atomic E-state index is -4.84. The van der Waals surface area contributed by atoms with E-state index in [9.17, 15) is 24.2 Å². The van der Waals surface area contributed by atoms with Crippen LogP contribution in [0.1, 0.15) is 6.92 Å². The van der Waals surface area contributed by atoms with Gasteiger partial charge in [-0.1, -0.05) is 6.92 Å². The summed E-state index contributed by atoms with van der Waals surface area (Å²) in [5.74, 6) is 0. The monoisotopic (exact) mass is 315 g/mol. The molecule has 0 spiro atoms. The maximum Gasteiger partial charge on any atom is 0.477 e. The highest BCUT2D eigenvalue weighted by Crippen LogP contribution is 2.57. The zero-order valence-electron chi connectivity index (χ0n) is 9.99. The fourth-order valence-electron chi connectivity index (χ4n) is 1.32. The van der Waals surface area contributed by atoms with E-state index < -0.39 is 52.5 Å². The lowest BCUT2D eigenvalue weighted by Crippen LogP contribution is -2.34. The number of phosphoric acid groups is 1. The molecular weight excluding hydrogens is 301 g/mol. The van der Waals surface area contributed by atoms with Crippen molar-refractivity contribution in [1.29, 1.82) is 0 Å². The van der Waals surface area contributed by atoms with Crippen molar-refractivity contribution < 1.29 is 42.7 Å². The highest BCUT2D eigenvalue weighted by atomic mass is 31.3. The molecule has 6 atom stereocenters. The third kappa shape index (κ3) is 4.93. The summed E-state index contributed by atoms with van der Waals surface area (Å²) in [5, 5.41) is 18.7. The van der Waals surface area contributed by atoms with Crippen LogP contribution in [-0.2, 0) is 22.7 Å². The molecule has 1 saturated heterocycles. The van der Waals surface area contributed by atoms with E-state index in [0.717, 1.165) is 0 Å². The quantitative estimate of drug-likeness (QED) is 0.386. The number of phosphoric ester groups is 1. The Balaban J connectivity index is 2.53. The van der Waals surface area contributed by atoms with E-state index in [2.05, 4.69) is 8.83 Å². The van der Waals surface area contributed by atoms with Crippen molar-refractivity contribution in [3.8, 4) is 0 Å². The van der Waals surface area contributed by atoms with Gasteiger partial charge in [-0.05, 0) is 0 Å². The molecule has 0 aliphatic carbocycles. The summed E-state index contributed by atoms with van der Waals surface area (Å²) in [6, 6.07) is -1.16. The number of hydrogen-bond acceptors (Lipinski definition) is 8. The number of hydrogen-bond donors (Lipinski definition) is 3. The van der Waals surface area contributed by atoms with E-state index in [0.29, 0.717) is 0 Å². The molecule has 19 heavy (non-hydrogen) atoms. The smallest absolute Gasteiger partial charge is 0.477 e. The Bertz CT molecular complexity index is 404. The largest absolute Gasteiger partial charge is 0.778 e. The molecule has 1 aliphatic rings. The average molecular weight is 315 g/mol. The summed E-state index contributed by atoms with van der Waals surface area (Å²) in [5.41, 5.74) is 0. The lowest BCUT2D eigenvalue weighted by molar-refractivity contribution is -0.191. The molecule has 0 saturated carbocycles. The van der Waals surface area contributed by atoms with Crippen LogP contribution in [0.4, 0.5) is 0 Å². The standard InChI is InChI=1S/C7H15BO9P2/c1-2-18(11,12)17-19(13,14)15-3-4-5(9)6(10)7(8)16-4/h4-7,9-10H,2-3H2,1H3,(H,11,12)(H,13,14)/p-1/t4-,5?,6?,7-/m1/s1. The van der Waals surface area contributed by atoms with E-state index in [1.807, 2.05) is 0 Å². The van der Waals surface area contributed by atoms with Gasteiger partial charge in [-0.2, -0.15) is 0 Å². The van der Waals surface area contributed by atoms with Crippen molar-refractivity contribution >= 4 is 23.3 Å². The van der Waals surface area contributed by atoms with Crippen molar-refractivity contribution in [1.82, 2.24) is 0 Å². The van der Waals surface area contributed by atoms with E-state index >= 15 is 0 Å². The van der Waals surface area contributed by atoms with Crippen LogP contribution in [0, 0.1) is 0 Å². The Morgan fingerprint density at radius 1 is 1.37 bits per heavy atom. The van der Waals surface area contributed by atoms with Crippen LogP contribution in [0.3, 0.4) is 0 Å². The SMILES string of the molecule is [B][C@@H]1O[C@H](COP(=O)(O)OP(=O)([O-])CC)C(O)C1O. The van der Waals surface area contributed by atoms with Crippen LogP contribution in [0.5, 0.6) is 0 Å². The highest BCUT2D eigenvalue weighted by molar-refractivity contribution is 7.63.